The Morgan fingerprint density at radius 1 is 1.35 bits per heavy atom. The number of carboxylic acid groups (broad SMARTS) is 1. The van der Waals surface area contributed by atoms with Crippen LogP contribution in [0.15, 0.2) is 29.6 Å². The van der Waals surface area contributed by atoms with Gasteiger partial charge in [-0.3, -0.25) is 4.79 Å². The zero-order valence-corrected chi connectivity index (χ0v) is 12.8. The van der Waals surface area contributed by atoms with E-state index < -0.39 is 41.9 Å². The number of aliphatic carboxylic acids is 1. The molecule has 0 saturated heterocycles. The summed E-state index contributed by atoms with van der Waals surface area (Å²) in [5.74, 6) is -4.08. The van der Waals surface area contributed by atoms with E-state index in [1.165, 1.54) is 0 Å². The number of fused-ring (bicyclic) bond motifs is 1. The van der Waals surface area contributed by atoms with Crippen LogP contribution in [0.1, 0.15) is 12.0 Å². The van der Waals surface area contributed by atoms with Gasteiger partial charge in [-0.05, 0) is 34.9 Å². The van der Waals surface area contributed by atoms with E-state index in [0.717, 1.165) is 10.1 Å². The number of thiophene rings is 1. The second-order valence-corrected chi connectivity index (χ2v) is 6.83. The topological polar surface area (TPSA) is 118 Å². The quantitative estimate of drug-likeness (QED) is 0.678. The molecule has 1 fully saturated rings. The van der Waals surface area contributed by atoms with Crippen molar-refractivity contribution in [2.75, 3.05) is 0 Å². The lowest BCUT2D eigenvalue weighted by atomic mass is 9.69. The molecule has 1 aliphatic rings. The molecular formula is C16H15O6S-. The van der Waals surface area contributed by atoms with Gasteiger partial charge in [0.05, 0.1) is 18.0 Å². The molecule has 0 amide bonds. The summed E-state index contributed by atoms with van der Waals surface area (Å²) in [5, 5.41) is 43.9. The minimum atomic E-state index is -2.50. The number of hydrogen-bond acceptors (Lipinski definition) is 7. The average molecular weight is 335 g/mol. The maximum atomic E-state index is 12.2. The predicted octanol–water partition coefficient (Wildman–Crippen LogP) is -0.764. The van der Waals surface area contributed by atoms with Gasteiger partial charge in [-0.2, -0.15) is 0 Å². The van der Waals surface area contributed by atoms with Crippen molar-refractivity contribution in [2.45, 2.75) is 30.7 Å². The maximum absolute atomic E-state index is 12.2. The molecule has 2 aromatic rings. The van der Waals surface area contributed by atoms with Gasteiger partial charge < -0.3 is 25.2 Å². The molecule has 1 saturated carbocycles. The molecule has 1 aromatic carbocycles. The van der Waals surface area contributed by atoms with Gasteiger partial charge in [0.2, 0.25) is 0 Å². The van der Waals surface area contributed by atoms with E-state index in [4.69, 9.17) is 0 Å². The molecule has 6 nitrogen and oxygen atoms in total. The van der Waals surface area contributed by atoms with E-state index >= 15 is 0 Å². The van der Waals surface area contributed by atoms with E-state index in [9.17, 15) is 30.0 Å². The molecule has 0 bridgehead atoms. The first kappa shape index (κ1) is 16.1. The van der Waals surface area contributed by atoms with E-state index in [2.05, 4.69) is 0 Å². The summed E-state index contributed by atoms with van der Waals surface area (Å²) >= 11 is 1.55. The summed E-state index contributed by atoms with van der Waals surface area (Å²) in [6.07, 6.45) is -4.03. The van der Waals surface area contributed by atoms with Crippen molar-refractivity contribution in [2.24, 2.45) is 5.92 Å². The molecule has 0 aliphatic heterocycles. The first-order valence-corrected chi connectivity index (χ1v) is 8.00. The number of aliphatic hydroxyl groups is 3. The Morgan fingerprint density at radius 3 is 2.78 bits per heavy atom. The van der Waals surface area contributed by atoms with Gasteiger partial charge in [-0.1, -0.05) is 12.1 Å². The van der Waals surface area contributed by atoms with Crippen molar-refractivity contribution < 1.29 is 30.0 Å². The molecule has 3 rings (SSSR count). The zero-order chi connectivity index (χ0) is 16.8. The molecule has 3 N–H and O–H groups in total. The molecule has 0 spiro atoms. The van der Waals surface area contributed by atoms with Gasteiger partial charge in [0, 0.05) is 11.1 Å². The first-order chi connectivity index (χ1) is 10.8. The maximum Gasteiger partial charge on any atom is 0.170 e. The van der Waals surface area contributed by atoms with Gasteiger partial charge in [-0.15, -0.1) is 11.3 Å². The van der Waals surface area contributed by atoms with Crippen LogP contribution in [0.5, 0.6) is 0 Å². The van der Waals surface area contributed by atoms with Crippen molar-refractivity contribution in [3.05, 3.63) is 35.2 Å². The van der Waals surface area contributed by atoms with Crippen LogP contribution in [0.4, 0.5) is 0 Å². The van der Waals surface area contributed by atoms with Gasteiger partial charge >= 0.3 is 0 Å². The smallest absolute Gasteiger partial charge is 0.170 e. The monoisotopic (exact) mass is 335 g/mol. The van der Waals surface area contributed by atoms with Crippen molar-refractivity contribution >= 4 is 33.2 Å². The Hall–Kier alpha value is -1.80. The second kappa shape index (κ2) is 5.68. The highest BCUT2D eigenvalue weighted by Gasteiger charge is 2.52. The van der Waals surface area contributed by atoms with Gasteiger partial charge in [0.1, 0.15) is 11.7 Å². The summed E-state index contributed by atoms with van der Waals surface area (Å²) in [4.78, 5) is 23.6. The van der Waals surface area contributed by atoms with Crippen molar-refractivity contribution in [1.82, 2.24) is 0 Å². The Labute approximate surface area is 135 Å². The Bertz CT molecular complexity index is 769. The molecular weight excluding hydrogens is 320 g/mol. The third-order valence-electron chi connectivity index (χ3n) is 4.41. The molecule has 7 heteroatoms. The number of hydrogen-bond donors (Lipinski definition) is 3. The molecule has 1 aliphatic carbocycles. The predicted molar refractivity (Wildman–Crippen MR) is 80.6 cm³/mol. The van der Waals surface area contributed by atoms with Gasteiger partial charge in [0.15, 0.2) is 5.78 Å². The lowest BCUT2D eigenvalue weighted by Crippen LogP contribution is -2.64. The fourth-order valence-electron chi connectivity index (χ4n) is 3.08. The van der Waals surface area contributed by atoms with E-state index in [1.807, 2.05) is 23.6 Å². The van der Waals surface area contributed by atoms with Crippen molar-refractivity contribution in [3.8, 4) is 0 Å². The number of aliphatic hydroxyl groups excluding tert-OH is 2. The highest BCUT2D eigenvalue weighted by Crippen LogP contribution is 2.35. The van der Waals surface area contributed by atoms with Crippen LogP contribution in [-0.2, 0) is 16.0 Å². The van der Waals surface area contributed by atoms with Gasteiger partial charge in [0.25, 0.3) is 0 Å². The van der Waals surface area contributed by atoms with E-state index in [1.54, 1.807) is 17.4 Å². The minimum Gasteiger partial charge on any atom is -0.547 e. The lowest BCUT2D eigenvalue weighted by Gasteiger charge is -2.43. The number of ketones is 1. The third-order valence-corrected chi connectivity index (χ3v) is 5.30. The average Bonchev–Trinajstić information content (AvgIpc) is 2.97. The Morgan fingerprint density at radius 2 is 2.09 bits per heavy atom. The van der Waals surface area contributed by atoms with Crippen LogP contribution >= 0.6 is 11.3 Å². The number of benzene rings is 1. The fourth-order valence-corrected chi connectivity index (χ4v) is 3.85. The number of rotatable bonds is 3. The van der Waals surface area contributed by atoms with Crippen molar-refractivity contribution in [3.63, 3.8) is 0 Å². The first-order valence-electron chi connectivity index (χ1n) is 7.13. The normalized spacial score (nSPS) is 31.4. The van der Waals surface area contributed by atoms with Crippen LogP contribution < -0.4 is 5.11 Å². The number of carbonyl (C=O) groups excluding carboxylic acids is 2. The largest absolute Gasteiger partial charge is 0.547 e. The third kappa shape index (κ3) is 2.66. The Kier molecular flexibility index (Phi) is 3.97. The Balaban J connectivity index is 1.96. The van der Waals surface area contributed by atoms with Gasteiger partial charge in [-0.25, -0.2) is 0 Å². The second-order valence-electron chi connectivity index (χ2n) is 5.88. The molecule has 1 heterocycles. The van der Waals surface area contributed by atoms with Crippen LogP contribution in [-0.4, -0.2) is 44.9 Å². The molecule has 122 valence electrons. The zero-order valence-electron chi connectivity index (χ0n) is 12.0. The number of Topliss-reactive ketones (excluding diaryl/α,β-unsaturated/α-hetero) is 1. The SMILES string of the molecule is O=C1[C@@H](O)[C@H](O)C[C@](O)(C(=O)[O-])[C@H]1Cc1ccc2sccc2c1. The summed E-state index contributed by atoms with van der Waals surface area (Å²) in [7, 11) is 0. The highest BCUT2D eigenvalue weighted by atomic mass is 32.1. The van der Waals surface area contributed by atoms with Crippen LogP contribution in [0.25, 0.3) is 10.1 Å². The van der Waals surface area contributed by atoms with Crippen LogP contribution in [0.2, 0.25) is 0 Å². The summed E-state index contributed by atoms with van der Waals surface area (Å²) < 4.78 is 1.05. The molecule has 4 atom stereocenters. The standard InChI is InChI=1S/C16H16O6S/c17-11-7-16(22,15(20)21)10(13(18)14(11)19)6-8-1-2-12-9(5-8)3-4-23-12/h1-5,10-11,14,17,19,22H,6-7H2,(H,20,21)/p-1/t10-,11+,14-,16+/m0/s1. The molecule has 1 aromatic heterocycles. The number of carbonyl (C=O) groups is 2. The molecule has 0 unspecified atom stereocenters. The fraction of sp³-hybridized carbons (Fsp3) is 0.375. The highest BCUT2D eigenvalue weighted by molar-refractivity contribution is 7.17. The summed E-state index contributed by atoms with van der Waals surface area (Å²) in [5.41, 5.74) is -1.84. The van der Waals surface area contributed by atoms with E-state index in [-0.39, 0.29) is 6.42 Å². The van der Waals surface area contributed by atoms with Crippen LogP contribution in [0, 0.1) is 5.92 Å². The summed E-state index contributed by atoms with van der Waals surface area (Å²) in [6, 6.07) is 7.31. The summed E-state index contributed by atoms with van der Waals surface area (Å²) in [6.45, 7) is 0. The minimum absolute atomic E-state index is 0.0567. The lowest BCUT2D eigenvalue weighted by molar-refractivity contribution is -0.331. The molecule has 0 radical (unpaired) electrons. The molecule has 23 heavy (non-hydrogen) atoms. The van der Waals surface area contributed by atoms with Crippen LogP contribution in [0.3, 0.4) is 0 Å². The van der Waals surface area contributed by atoms with Crippen molar-refractivity contribution in [1.29, 1.82) is 0 Å². The van der Waals surface area contributed by atoms with E-state index in [0.29, 0.717) is 5.56 Å². The number of carboxylic acids is 1.